The molecule has 12 nitrogen and oxygen atoms in total. The van der Waals surface area contributed by atoms with Gasteiger partial charge < -0.3 is 24.5 Å². The van der Waals surface area contributed by atoms with Gasteiger partial charge in [0.1, 0.15) is 29.2 Å². The number of ether oxygens (including phenoxy) is 2. The second-order valence-electron chi connectivity index (χ2n) is 8.44. The Labute approximate surface area is 195 Å². The average Bonchev–Trinajstić information content (AvgIpc) is 3.23. The fourth-order valence-corrected chi connectivity index (χ4v) is 4.69. The maximum absolute atomic E-state index is 13.0. The number of carbonyl (C=O) groups is 4. The number of aryl methyl sites for hydroxylation is 1. The van der Waals surface area contributed by atoms with E-state index < -0.39 is 30.1 Å². The highest BCUT2D eigenvalue weighted by molar-refractivity contribution is 6.09. The van der Waals surface area contributed by atoms with Crippen molar-refractivity contribution in [3.05, 3.63) is 17.1 Å². The Morgan fingerprint density at radius 1 is 1.15 bits per heavy atom. The van der Waals surface area contributed by atoms with Crippen LogP contribution in [-0.2, 0) is 25.7 Å². The highest BCUT2D eigenvalue weighted by atomic mass is 16.5. The number of nitrogen functional groups attached to an aromatic ring is 1. The number of urea groups is 1. The number of furan rings is 1. The molecule has 0 unspecified atom stereocenters. The predicted molar refractivity (Wildman–Crippen MR) is 117 cm³/mol. The van der Waals surface area contributed by atoms with Gasteiger partial charge in [-0.25, -0.2) is 14.6 Å². The SMILES string of the molecule is CCOC(=O)c1c(C)oc2nc(COC(=O)CN3C(=O)N(C)C4(CCCCC4)C3=O)nc(N)c12. The van der Waals surface area contributed by atoms with E-state index in [2.05, 4.69) is 9.97 Å². The van der Waals surface area contributed by atoms with E-state index in [0.717, 1.165) is 24.2 Å². The molecule has 1 spiro atoms. The molecule has 2 aromatic rings. The number of hydrogen-bond acceptors (Lipinski definition) is 10. The van der Waals surface area contributed by atoms with Gasteiger partial charge in [0.15, 0.2) is 12.4 Å². The van der Waals surface area contributed by atoms with Gasteiger partial charge in [0.2, 0.25) is 5.71 Å². The lowest BCUT2D eigenvalue weighted by molar-refractivity contribution is -0.149. The summed E-state index contributed by atoms with van der Waals surface area (Å²) in [6.07, 6.45) is 3.90. The smallest absolute Gasteiger partial charge is 0.342 e. The van der Waals surface area contributed by atoms with Crippen molar-refractivity contribution in [1.82, 2.24) is 19.8 Å². The molecule has 2 N–H and O–H groups in total. The zero-order chi connectivity index (χ0) is 24.6. The van der Waals surface area contributed by atoms with E-state index in [-0.39, 0.29) is 53.2 Å². The van der Waals surface area contributed by atoms with Crippen LogP contribution in [0.1, 0.15) is 61.0 Å². The van der Waals surface area contributed by atoms with Crippen molar-refractivity contribution in [2.45, 2.75) is 58.1 Å². The van der Waals surface area contributed by atoms with Crippen LogP contribution in [0.5, 0.6) is 0 Å². The average molecular weight is 473 g/mol. The molecule has 1 aliphatic carbocycles. The molecule has 12 heteroatoms. The summed E-state index contributed by atoms with van der Waals surface area (Å²) in [4.78, 5) is 61.0. The molecule has 2 aromatic heterocycles. The Kier molecular flexibility index (Phi) is 6.15. The van der Waals surface area contributed by atoms with Gasteiger partial charge in [-0.1, -0.05) is 19.3 Å². The number of hydrogen-bond donors (Lipinski definition) is 1. The zero-order valence-electron chi connectivity index (χ0n) is 19.4. The molecule has 1 saturated carbocycles. The minimum atomic E-state index is -0.869. The summed E-state index contributed by atoms with van der Waals surface area (Å²) in [5, 5.41) is 0.222. The van der Waals surface area contributed by atoms with Gasteiger partial charge >= 0.3 is 18.0 Å². The van der Waals surface area contributed by atoms with E-state index in [1.54, 1.807) is 20.9 Å². The molecule has 34 heavy (non-hydrogen) atoms. The molecule has 4 rings (SSSR count). The van der Waals surface area contributed by atoms with Gasteiger partial charge in [0, 0.05) is 7.05 Å². The van der Waals surface area contributed by atoms with Crippen LogP contribution in [0.2, 0.25) is 0 Å². The van der Waals surface area contributed by atoms with E-state index in [1.807, 2.05) is 0 Å². The third-order valence-corrected chi connectivity index (χ3v) is 6.41. The molecule has 0 atom stereocenters. The topological polar surface area (TPSA) is 158 Å². The van der Waals surface area contributed by atoms with Crippen molar-refractivity contribution >= 4 is 40.8 Å². The first-order valence-corrected chi connectivity index (χ1v) is 11.2. The van der Waals surface area contributed by atoms with Crippen LogP contribution in [0, 0.1) is 6.92 Å². The first-order valence-electron chi connectivity index (χ1n) is 11.2. The lowest BCUT2D eigenvalue weighted by Crippen LogP contribution is -2.49. The normalized spacial score (nSPS) is 17.6. The third-order valence-electron chi connectivity index (χ3n) is 6.41. The van der Waals surface area contributed by atoms with Crippen LogP contribution < -0.4 is 5.73 Å². The molecule has 1 aliphatic heterocycles. The molecule has 2 fully saturated rings. The molecule has 0 aromatic carbocycles. The van der Waals surface area contributed by atoms with Crippen LogP contribution in [-0.4, -0.2) is 69.4 Å². The summed E-state index contributed by atoms with van der Waals surface area (Å²) in [6.45, 7) is 2.57. The third kappa shape index (κ3) is 3.82. The molecule has 1 saturated heterocycles. The van der Waals surface area contributed by atoms with Gasteiger partial charge in [-0.05, 0) is 26.7 Å². The number of aromatic nitrogens is 2. The number of nitrogens with two attached hydrogens (primary N) is 1. The van der Waals surface area contributed by atoms with E-state index >= 15 is 0 Å². The molecule has 2 aliphatic rings. The van der Waals surface area contributed by atoms with Crippen molar-refractivity contribution in [2.75, 3.05) is 25.9 Å². The Bertz CT molecular complexity index is 1170. The van der Waals surface area contributed by atoms with E-state index in [9.17, 15) is 19.2 Å². The lowest BCUT2D eigenvalue weighted by atomic mass is 9.81. The number of rotatable bonds is 6. The van der Waals surface area contributed by atoms with Crippen LogP contribution in [0.25, 0.3) is 11.1 Å². The van der Waals surface area contributed by atoms with E-state index in [1.165, 1.54) is 4.90 Å². The quantitative estimate of drug-likeness (QED) is 0.485. The molecular weight excluding hydrogens is 446 g/mol. The number of anilines is 1. The first-order chi connectivity index (χ1) is 16.2. The summed E-state index contributed by atoms with van der Waals surface area (Å²) in [7, 11) is 1.60. The Morgan fingerprint density at radius 2 is 1.85 bits per heavy atom. The Balaban J connectivity index is 1.45. The highest BCUT2D eigenvalue weighted by Crippen LogP contribution is 2.39. The van der Waals surface area contributed by atoms with Gasteiger partial charge in [-0.2, -0.15) is 4.98 Å². The van der Waals surface area contributed by atoms with Crippen molar-refractivity contribution in [3.63, 3.8) is 0 Å². The number of fused-ring (bicyclic) bond motifs is 1. The fraction of sp³-hybridized carbons (Fsp3) is 0.545. The van der Waals surface area contributed by atoms with Crippen LogP contribution >= 0.6 is 0 Å². The number of nitrogens with zero attached hydrogens (tertiary/aromatic N) is 4. The van der Waals surface area contributed by atoms with Crippen molar-refractivity contribution < 1.29 is 33.1 Å². The van der Waals surface area contributed by atoms with Gasteiger partial charge in [-0.3, -0.25) is 14.5 Å². The van der Waals surface area contributed by atoms with Crippen molar-refractivity contribution in [1.29, 1.82) is 0 Å². The Morgan fingerprint density at radius 3 is 2.53 bits per heavy atom. The molecule has 0 radical (unpaired) electrons. The summed E-state index contributed by atoms with van der Waals surface area (Å²) in [5.74, 6) is -1.46. The zero-order valence-corrected chi connectivity index (χ0v) is 19.4. The van der Waals surface area contributed by atoms with Gasteiger partial charge in [-0.15, -0.1) is 0 Å². The molecular formula is C22H27N5O7. The molecule has 182 valence electrons. The van der Waals surface area contributed by atoms with E-state index in [4.69, 9.17) is 19.6 Å². The first kappa shape index (κ1) is 23.5. The predicted octanol–water partition coefficient (Wildman–Crippen LogP) is 1.93. The van der Waals surface area contributed by atoms with Crippen molar-refractivity contribution in [3.8, 4) is 0 Å². The molecule has 3 heterocycles. The Hall–Kier alpha value is -3.70. The van der Waals surface area contributed by atoms with Crippen LogP contribution in [0.4, 0.5) is 10.6 Å². The highest BCUT2D eigenvalue weighted by Gasteiger charge is 2.56. The van der Waals surface area contributed by atoms with Crippen LogP contribution in [0.15, 0.2) is 4.42 Å². The van der Waals surface area contributed by atoms with E-state index in [0.29, 0.717) is 12.8 Å². The minimum Gasteiger partial charge on any atom is -0.462 e. The molecule has 0 bridgehead atoms. The summed E-state index contributed by atoms with van der Waals surface area (Å²) < 4.78 is 15.8. The number of likely N-dealkylation sites (N-methyl/N-ethyl adjacent to an activating group) is 1. The lowest BCUT2D eigenvalue weighted by Gasteiger charge is -2.35. The maximum Gasteiger partial charge on any atom is 0.342 e. The summed E-state index contributed by atoms with van der Waals surface area (Å²) in [5.41, 5.74) is 5.35. The number of amides is 3. The number of imide groups is 1. The summed E-state index contributed by atoms with van der Waals surface area (Å²) in [6, 6.07) is -0.511. The van der Waals surface area contributed by atoms with Gasteiger partial charge in [0.25, 0.3) is 5.91 Å². The summed E-state index contributed by atoms with van der Waals surface area (Å²) >= 11 is 0. The minimum absolute atomic E-state index is 0.0262. The number of carbonyl (C=O) groups excluding carboxylic acids is 4. The maximum atomic E-state index is 13.0. The van der Waals surface area contributed by atoms with Crippen molar-refractivity contribution in [2.24, 2.45) is 0 Å². The standard InChI is InChI=1S/C22H27N5O7/c1-4-32-19(29)15-12(2)34-18-16(15)17(23)24-13(25-18)11-33-14(28)10-27-20(30)22(26(3)21(27)31)8-6-5-7-9-22/h4-11H2,1-3H3,(H2,23,24,25). The van der Waals surface area contributed by atoms with Crippen LogP contribution in [0.3, 0.4) is 0 Å². The fourth-order valence-electron chi connectivity index (χ4n) is 4.69. The number of esters is 2. The second kappa shape index (κ2) is 8.92. The largest absolute Gasteiger partial charge is 0.462 e. The second-order valence-corrected chi connectivity index (χ2v) is 8.44. The molecule has 3 amide bonds. The monoisotopic (exact) mass is 473 g/mol. The van der Waals surface area contributed by atoms with Gasteiger partial charge in [0.05, 0.1) is 12.0 Å².